The molecule has 0 aliphatic carbocycles. The van der Waals surface area contributed by atoms with Gasteiger partial charge >= 0.3 is 0 Å². The van der Waals surface area contributed by atoms with Gasteiger partial charge in [-0.2, -0.15) is 0 Å². The maximum Gasteiger partial charge on any atom is 0.200 e. The van der Waals surface area contributed by atoms with Gasteiger partial charge in [0, 0.05) is 12.0 Å². The van der Waals surface area contributed by atoms with E-state index in [-0.39, 0.29) is 27.5 Å². The Hall–Kier alpha value is -1.11. The SMILES string of the molecule is CC(C)(C)c1nc2ccc(Cl)c(S(=O)(=O)C3CCOC3)c2o1. The van der Waals surface area contributed by atoms with E-state index in [1.165, 1.54) is 0 Å². The number of nitrogens with zero attached hydrogens (tertiary/aromatic N) is 1. The highest BCUT2D eigenvalue weighted by molar-refractivity contribution is 7.92. The second kappa shape index (κ2) is 5.22. The molecule has 0 amide bonds. The van der Waals surface area contributed by atoms with Gasteiger partial charge in [0.1, 0.15) is 10.4 Å². The fourth-order valence-corrected chi connectivity index (χ4v) is 4.69. The van der Waals surface area contributed by atoms with Gasteiger partial charge in [0.15, 0.2) is 15.4 Å². The summed E-state index contributed by atoms with van der Waals surface area (Å²) in [6.07, 6.45) is 0.468. The smallest absolute Gasteiger partial charge is 0.200 e. The van der Waals surface area contributed by atoms with Crippen LogP contribution >= 0.6 is 11.6 Å². The zero-order valence-corrected chi connectivity index (χ0v) is 14.3. The molecule has 2 aromatic rings. The minimum absolute atomic E-state index is 0.0326. The van der Waals surface area contributed by atoms with Gasteiger partial charge in [0.05, 0.1) is 16.9 Å². The minimum Gasteiger partial charge on any atom is -0.439 e. The van der Waals surface area contributed by atoms with E-state index in [2.05, 4.69) is 4.98 Å². The number of sulfone groups is 1. The van der Waals surface area contributed by atoms with E-state index in [0.29, 0.717) is 24.4 Å². The van der Waals surface area contributed by atoms with Crippen LogP contribution in [0.1, 0.15) is 33.1 Å². The molecule has 1 saturated heterocycles. The Morgan fingerprint density at radius 1 is 1.32 bits per heavy atom. The van der Waals surface area contributed by atoms with Crippen molar-refractivity contribution < 1.29 is 17.6 Å². The first-order valence-electron chi connectivity index (χ1n) is 7.12. The van der Waals surface area contributed by atoms with Crippen LogP contribution in [0.25, 0.3) is 11.1 Å². The fraction of sp³-hybridized carbons (Fsp3) is 0.533. The second-order valence-electron chi connectivity index (χ2n) is 6.52. The normalized spacial score (nSPS) is 19.9. The quantitative estimate of drug-likeness (QED) is 0.836. The highest BCUT2D eigenvalue weighted by Gasteiger charge is 2.36. The maximum absolute atomic E-state index is 12.9. The largest absolute Gasteiger partial charge is 0.439 e. The second-order valence-corrected chi connectivity index (χ2v) is 9.10. The van der Waals surface area contributed by atoms with Gasteiger partial charge < -0.3 is 9.15 Å². The number of fused-ring (bicyclic) bond motifs is 1. The van der Waals surface area contributed by atoms with Crippen molar-refractivity contribution in [3.05, 3.63) is 23.0 Å². The number of rotatable bonds is 2. The molecule has 2 heterocycles. The number of benzene rings is 1. The van der Waals surface area contributed by atoms with Gasteiger partial charge in [0.25, 0.3) is 0 Å². The molecule has 0 radical (unpaired) electrons. The summed E-state index contributed by atoms with van der Waals surface area (Å²) < 4.78 is 36.7. The molecule has 5 nitrogen and oxygen atoms in total. The molecule has 0 N–H and O–H groups in total. The van der Waals surface area contributed by atoms with Crippen molar-refractivity contribution in [1.82, 2.24) is 4.98 Å². The lowest BCUT2D eigenvalue weighted by molar-refractivity contribution is 0.198. The van der Waals surface area contributed by atoms with E-state index in [1.54, 1.807) is 12.1 Å². The molecule has 1 atom stereocenters. The van der Waals surface area contributed by atoms with E-state index in [0.717, 1.165) is 0 Å². The Morgan fingerprint density at radius 3 is 2.64 bits per heavy atom. The van der Waals surface area contributed by atoms with Gasteiger partial charge in [-0.05, 0) is 18.6 Å². The zero-order chi connectivity index (χ0) is 16.1. The van der Waals surface area contributed by atoms with Crippen LogP contribution in [0.15, 0.2) is 21.4 Å². The van der Waals surface area contributed by atoms with Crippen LogP contribution in [0, 0.1) is 0 Å². The Morgan fingerprint density at radius 2 is 2.05 bits per heavy atom. The molecule has 1 aliphatic heterocycles. The molecular formula is C15H18ClNO4S. The van der Waals surface area contributed by atoms with E-state index in [1.807, 2.05) is 20.8 Å². The lowest BCUT2D eigenvalue weighted by atomic mass is 9.97. The van der Waals surface area contributed by atoms with Crippen molar-refractivity contribution in [2.45, 2.75) is 42.8 Å². The number of halogens is 1. The van der Waals surface area contributed by atoms with Gasteiger partial charge in [0.2, 0.25) is 5.89 Å². The average molecular weight is 344 g/mol. The van der Waals surface area contributed by atoms with E-state index >= 15 is 0 Å². The van der Waals surface area contributed by atoms with Crippen molar-refractivity contribution >= 4 is 32.5 Å². The lowest BCUT2D eigenvalue weighted by Gasteiger charge is -2.13. The van der Waals surface area contributed by atoms with Gasteiger partial charge in [-0.15, -0.1) is 0 Å². The summed E-state index contributed by atoms with van der Waals surface area (Å²) in [4.78, 5) is 4.44. The van der Waals surface area contributed by atoms with Crippen molar-refractivity contribution in [2.24, 2.45) is 0 Å². The lowest BCUT2D eigenvalue weighted by Crippen LogP contribution is -2.22. The zero-order valence-electron chi connectivity index (χ0n) is 12.7. The average Bonchev–Trinajstić information content (AvgIpc) is 3.06. The van der Waals surface area contributed by atoms with Crippen LogP contribution < -0.4 is 0 Å². The van der Waals surface area contributed by atoms with E-state index in [4.69, 9.17) is 20.8 Å². The third kappa shape index (κ3) is 2.53. The third-order valence-corrected chi connectivity index (χ3v) is 6.37. The van der Waals surface area contributed by atoms with Gasteiger partial charge in [-0.25, -0.2) is 13.4 Å². The monoisotopic (exact) mass is 343 g/mol. The molecule has 0 spiro atoms. The highest BCUT2D eigenvalue weighted by Crippen LogP contribution is 2.36. The molecule has 22 heavy (non-hydrogen) atoms. The van der Waals surface area contributed by atoms with Crippen LogP contribution in [0.3, 0.4) is 0 Å². The molecule has 1 aliphatic rings. The molecule has 0 bridgehead atoms. The maximum atomic E-state index is 12.9. The standard InChI is InChI=1S/C15H18ClNO4S/c1-15(2,3)14-17-11-5-4-10(16)13(12(11)21-14)22(18,19)9-6-7-20-8-9/h4-5,9H,6-8H2,1-3H3. The number of ether oxygens (including phenoxy) is 1. The summed E-state index contributed by atoms with van der Waals surface area (Å²) in [6.45, 7) is 6.51. The molecular weight excluding hydrogens is 326 g/mol. The summed E-state index contributed by atoms with van der Waals surface area (Å²) in [5.74, 6) is 0.490. The number of hydrogen-bond donors (Lipinski definition) is 0. The first-order valence-corrected chi connectivity index (χ1v) is 9.05. The van der Waals surface area contributed by atoms with Crippen molar-refractivity contribution in [2.75, 3.05) is 13.2 Å². The predicted octanol–water partition coefficient (Wildman–Crippen LogP) is 3.34. The van der Waals surface area contributed by atoms with E-state index < -0.39 is 15.1 Å². The van der Waals surface area contributed by atoms with Crippen molar-refractivity contribution in [3.8, 4) is 0 Å². The molecule has 1 fully saturated rings. The summed E-state index contributed by atoms with van der Waals surface area (Å²) >= 11 is 6.18. The van der Waals surface area contributed by atoms with Crippen LogP contribution in [-0.2, 0) is 20.0 Å². The highest BCUT2D eigenvalue weighted by atomic mass is 35.5. The molecule has 7 heteroatoms. The first kappa shape index (κ1) is 15.8. The first-order chi connectivity index (χ1) is 10.2. The Kier molecular flexibility index (Phi) is 3.74. The van der Waals surface area contributed by atoms with Crippen LogP contribution in [0.5, 0.6) is 0 Å². The van der Waals surface area contributed by atoms with Crippen LogP contribution in [0.2, 0.25) is 5.02 Å². The number of hydrogen-bond acceptors (Lipinski definition) is 5. The summed E-state index contributed by atoms with van der Waals surface area (Å²) in [5.41, 5.74) is 0.430. The molecule has 120 valence electrons. The third-order valence-electron chi connectivity index (χ3n) is 3.72. The summed E-state index contributed by atoms with van der Waals surface area (Å²) in [6, 6.07) is 3.24. The van der Waals surface area contributed by atoms with Crippen molar-refractivity contribution in [1.29, 1.82) is 0 Å². The predicted molar refractivity (Wildman–Crippen MR) is 84.1 cm³/mol. The minimum atomic E-state index is -3.62. The molecule has 0 saturated carbocycles. The Labute approximate surface area is 134 Å². The topological polar surface area (TPSA) is 69.4 Å². The molecule has 1 unspecified atom stereocenters. The van der Waals surface area contributed by atoms with Gasteiger partial charge in [-0.3, -0.25) is 0 Å². The molecule has 3 rings (SSSR count). The van der Waals surface area contributed by atoms with Gasteiger partial charge in [-0.1, -0.05) is 32.4 Å². The van der Waals surface area contributed by atoms with Crippen molar-refractivity contribution in [3.63, 3.8) is 0 Å². The Balaban J connectivity index is 2.24. The number of aromatic nitrogens is 1. The van der Waals surface area contributed by atoms with Crippen LogP contribution in [-0.4, -0.2) is 31.9 Å². The summed E-state index contributed by atoms with van der Waals surface area (Å²) in [5, 5.41) is -0.421. The molecule has 1 aromatic heterocycles. The van der Waals surface area contributed by atoms with Crippen LogP contribution in [0.4, 0.5) is 0 Å². The number of oxazole rings is 1. The fourth-order valence-electron chi connectivity index (χ4n) is 2.45. The summed E-state index contributed by atoms with van der Waals surface area (Å²) in [7, 11) is -3.62. The molecule has 1 aromatic carbocycles. The van der Waals surface area contributed by atoms with E-state index in [9.17, 15) is 8.42 Å². The Bertz CT molecular complexity index is 814.